The van der Waals surface area contributed by atoms with Crippen molar-refractivity contribution in [2.75, 3.05) is 18.6 Å². The van der Waals surface area contributed by atoms with Crippen molar-refractivity contribution in [1.29, 1.82) is 0 Å². The van der Waals surface area contributed by atoms with Crippen LogP contribution < -0.4 is 15.5 Å². The normalized spacial score (nSPS) is 16.6. The molecule has 12 heteroatoms. The van der Waals surface area contributed by atoms with Gasteiger partial charge in [0.15, 0.2) is 12.3 Å². The van der Waals surface area contributed by atoms with Gasteiger partial charge in [-0.05, 0) is 48.2 Å². The number of ether oxygens (including phenoxy) is 2. The molecular weight excluding hydrogens is 502 g/mol. The molecule has 0 bridgehead atoms. The summed E-state index contributed by atoms with van der Waals surface area (Å²) in [6.45, 7) is 4.77. The molecule has 1 atom stereocenters. The molecule has 4 rings (SSSR count). The molecule has 2 heterocycles. The number of unbranched alkanes of at least 4 members (excludes halogenated alkanes) is 1. The van der Waals surface area contributed by atoms with E-state index >= 15 is 0 Å². The number of aromatic amines is 1. The van der Waals surface area contributed by atoms with Crippen molar-refractivity contribution in [2.24, 2.45) is 0 Å². The van der Waals surface area contributed by atoms with Crippen LogP contribution >= 0.6 is 0 Å². The summed E-state index contributed by atoms with van der Waals surface area (Å²) in [5, 5.41) is 20.4. The third-order valence-corrected chi connectivity index (χ3v) is 6.36. The molecule has 3 aromatic rings. The molecule has 1 aromatic heterocycles. The summed E-state index contributed by atoms with van der Waals surface area (Å²) >= 11 is 0. The van der Waals surface area contributed by atoms with E-state index in [-0.39, 0.29) is 11.5 Å². The van der Waals surface area contributed by atoms with Gasteiger partial charge in [0.2, 0.25) is 5.82 Å². The second kappa shape index (κ2) is 11.8. The van der Waals surface area contributed by atoms with Gasteiger partial charge in [0.25, 0.3) is 5.91 Å². The highest BCUT2D eigenvalue weighted by molar-refractivity contribution is 5.96. The summed E-state index contributed by atoms with van der Waals surface area (Å²) in [4.78, 5) is 38.6. The van der Waals surface area contributed by atoms with Gasteiger partial charge in [-0.1, -0.05) is 49.7 Å². The number of anilines is 1. The maximum Gasteiger partial charge on any atom is 0.358 e. The molecule has 3 N–H and O–H groups in total. The van der Waals surface area contributed by atoms with Gasteiger partial charge in [-0.2, -0.15) is 5.21 Å². The van der Waals surface area contributed by atoms with E-state index in [0.29, 0.717) is 17.9 Å². The van der Waals surface area contributed by atoms with Gasteiger partial charge in [-0.3, -0.25) is 9.59 Å². The third kappa shape index (κ3) is 5.89. The zero-order valence-electron chi connectivity index (χ0n) is 22.3. The minimum absolute atomic E-state index is 0.146. The molecule has 0 aliphatic carbocycles. The Morgan fingerprint density at radius 2 is 1.79 bits per heavy atom. The van der Waals surface area contributed by atoms with Crippen LogP contribution in [-0.2, 0) is 23.9 Å². The first-order chi connectivity index (χ1) is 18.8. The molecule has 1 aliphatic heterocycles. The van der Waals surface area contributed by atoms with E-state index in [1.54, 1.807) is 0 Å². The molecule has 0 spiro atoms. The van der Waals surface area contributed by atoms with E-state index in [9.17, 15) is 14.4 Å². The molecule has 0 saturated heterocycles. The Balaban J connectivity index is 1.73. The fraction of sp³-hybridized carbons (Fsp3) is 0.333. The number of H-pyrrole nitrogens is 1. The molecule has 1 unspecified atom stereocenters. The van der Waals surface area contributed by atoms with Crippen molar-refractivity contribution in [3.05, 3.63) is 60.0 Å². The Morgan fingerprint density at radius 3 is 2.41 bits per heavy atom. The average molecular weight is 534 g/mol. The second-order valence-electron chi connectivity index (χ2n) is 9.21. The van der Waals surface area contributed by atoms with E-state index in [4.69, 9.17) is 9.47 Å². The number of nitrogens with zero attached hydrogens (tertiary/aromatic N) is 4. The van der Waals surface area contributed by atoms with Crippen molar-refractivity contribution in [3.63, 3.8) is 0 Å². The molecule has 2 aromatic carbocycles. The summed E-state index contributed by atoms with van der Waals surface area (Å²) in [7, 11) is 1.28. The van der Waals surface area contributed by atoms with Crippen molar-refractivity contribution >= 4 is 23.5 Å². The number of tetrazole rings is 1. The number of hydrogen-bond donors (Lipinski definition) is 3. The summed E-state index contributed by atoms with van der Waals surface area (Å²) < 4.78 is 9.92. The fourth-order valence-electron chi connectivity index (χ4n) is 4.57. The van der Waals surface area contributed by atoms with Crippen LogP contribution in [0.15, 0.2) is 60.0 Å². The predicted octanol–water partition coefficient (Wildman–Crippen LogP) is 2.87. The molecule has 0 fully saturated rings. The smallest absolute Gasteiger partial charge is 0.358 e. The van der Waals surface area contributed by atoms with Crippen LogP contribution in [0.5, 0.6) is 0 Å². The van der Waals surface area contributed by atoms with Crippen molar-refractivity contribution in [3.8, 4) is 22.5 Å². The monoisotopic (exact) mass is 533 g/mol. The number of esters is 2. The molecule has 0 saturated carbocycles. The van der Waals surface area contributed by atoms with Crippen LogP contribution in [0.3, 0.4) is 0 Å². The van der Waals surface area contributed by atoms with Crippen LogP contribution in [0.25, 0.3) is 22.5 Å². The van der Waals surface area contributed by atoms with Gasteiger partial charge < -0.3 is 25.0 Å². The van der Waals surface area contributed by atoms with E-state index in [0.717, 1.165) is 29.5 Å². The number of amides is 1. The number of benzene rings is 2. The highest BCUT2D eigenvalue weighted by Crippen LogP contribution is 2.38. The maximum absolute atomic E-state index is 13.1. The number of nitrogens with one attached hydrogen (secondary N) is 3. The first-order valence-corrected chi connectivity index (χ1v) is 12.5. The van der Waals surface area contributed by atoms with Gasteiger partial charge >= 0.3 is 11.9 Å². The lowest BCUT2D eigenvalue weighted by Gasteiger charge is -2.38. The van der Waals surface area contributed by atoms with E-state index in [1.165, 1.54) is 14.0 Å². The number of methoxy groups -OCH3 is 1. The third-order valence-electron chi connectivity index (χ3n) is 6.36. The van der Waals surface area contributed by atoms with Crippen molar-refractivity contribution in [2.45, 2.75) is 45.7 Å². The Bertz CT molecular complexity index is 1370. The summed E-state index contributed by atoms with van der Waals surface area (Å²) in [6, 6.07) is 15.4. The average Bonchev–Trinajstić information content (AvgIpc) is 3.57. The standard InChI is InChI=1S/C27H31N7O5/c1-5-6-15-27(3)29-25(28-22(36)16-39-17(2)35)23(26(37)38-4)34(27)19-13-11-18(12-14-19)20-9-7-8-10-21(20)24-30-32-33-31-24/h7-14,29H,5-6,15-16H2,1-4H3,(H,28,36)(H,30,31,32,33). The molecule has 0 radical (unpaired) electrons. The molecule has 39 heavy (non-hydrogen) atoms. The summed E-state index contributed by atoms with van der Waals surface area (Å²) in [5.41, 5.74) is 2.76. The fourth-order valence-corrected chi connectivity index (χ4v) is 4.57. The lowest BCUT2D eigenvalue weighted by molar-refractivity contribution is -0.146. The Kier molecular flexibility index (Phi) is 8.23. The van der Waals surface area contributed by atoms with Crippen molar-refractivity contribution < 1.29 is 23.9 Å². The van der Waals surface area contributed by atoms with E-state index in [2.05, 4.69) is 38.2 Å². The van der Waals surface area contributed by atoms with Gasteiger partial charge in [-0.15, -0.1) is 10.2 Å². The van der Waals surface area contributed by atoms with Gasteiger partial charge in [-0.25, -0.2) is 4.79 Å². The van der Waals surface area contributed by atoms with Crippen molar-refractivity contribution in [1.82, 2.24) is 31.3 Å². The van der Waals surface area contributed by atoms with Crippen LogP contribution in [0, 0.1) is 0 Å². The quantitative estimate of drug-likeness (QED) is 0.332. The largest absolute Gasteiger partial charge is 0.464 e. The Hall–Kier alpha value is -4.74. The minimum atomic E-state index is -0.756. The van der Waals surface area contributed by atoms with E-state index in [1.807, 2.05) is 60.4 Å². The first-order valence-electron chi connectivity index (χ1n) is 12.5. The summed E-state index contributed by atoms with van der Waals surface area (Å²) in [6.07, 6.45) is 2.45. The highest BCUT2D eigenvalue weighted by Gasteiger charge is 2.45. The Labute approximate surface area is 225 Å². The van der Waals surface area contributed by atoms with Crippen LogP contribution in [0.1, 0.15) is 40.0 Å². The number of carbonyl (C=O) groups is 3. The first kappa shape index (κ1) is 27.3. The van der Waals surface area contributed by atoms with Gasteiger partial charge in [0.1, 0.15) is 11.5 Å². The Morgan fingerprint density at radius 1 is 1.08 bits per heavy atom. The topological polar surface area (TPSA) is 151 Å². The number of aromatic nitrogens is 4. The number of carbonyl (C=O) groups excluding carboxylic acids is 3. The van der Waals surface area contributed by atoms with Crippen LogP contribution in [0.2, 0.25) is 0 Å². The molecule has 1 aliphatic rings. The lowest BCUT2D eigenvalue weighted by Crippen LogP contribution is -2.52. The van der Waals surface area contributed by atoms with Gasteiger partial charge in [0, 0.05) is 18.2 Å². The van der Waals surface area contributed by atoms with Crippen LogP contribution in [-0.4, -0.2) is 57.8 Å². The molecule has 12 nitrogen and oxygen atoms in total. The number of rotatable bonds is 10. The van der Waals surface area contributed by atoms with E-state index < -0.39 is 30.1 Å². The van der Waals surface area contributed by atoms with Gasteiger partial charge in [0.05, 0.1) is 7.11 Å². The maximum atomic E-state index is 13.1. The SMILES string of the molecule is CCCCC1(C)NC(NC(=O)COC(C)=O)=C(C(=O)OC)N1c1ccc(-c2ccccc2-c2nn[nH]n2)cc1. The molecule has 204 valence electrons. The highest BCUT2D eigenvalue weighted by atomic mass is 16.5. The zero-order chi connectivity index (χ0) is 28.0. The second-order valence-corrected chi connectivity index (χ2v) is 9.21. The van der Waals surface area contributed by atoms with Crippen LogP contribution in [0.4, 0.5) is 5.69 Å². The zero-order valence-corrected chi connectivity index (χ0v) is 22.3. The molecule has 1 amide bonds. The number of hydrogen-bond acceptors (Lipinski definition) is 10. The minimum Gasteiger partial charge on any atom is -0.464 e. The summed E-state index contributed by atoms with van der Waals surface area (Å²) in [5.74, 6) is -1.12. The predicted molar refractivity (Wildman–Crippen MR) is 142 cm³/mol. The lowest BCUT2D eigenvalue weighted by atomic mass is 9.98. The molecular formula is C27H31N7O5.